The smallest absolute Gasteiger partial charge is 0.0269 e. The average molecular weight is 248 g/mol. The van der Waals surface area contributed by atoms with Gasteiger partial charge in [0, 0.05) is 12.8 Å². The van der Waals surface area contributed by atoms with E-state index in [1.807, 2.05) is 0 Å². The van der Waals surface area contributed by atoms with Crippen molar-refractivity contribution in [2.24, 2.45) is 0 Å². The molecule has 0 saturated heterocycles. The van der Waals surface area contributed by atoms with Crippen LogP contribution in [-0.2, 0) is 0 Å². The molecule has 0 aromatic carbocycles. The predicted octanol–water partition coefficient (Wildman–Crippen LogP) is 6.27. The summed E-state index contributed by atoms with van der Waals surface area (Å²) in [7, 11) is 0. The molecule has 0 nitrogen and oxygen atoms in total. The Hall–Kier alpha value is -0.700. The number of hydrogen-bond donors (Lipinski definition) is 0. The summed E-state index contributed by atoms with van der Waals surface area (Å²) >= 11 is 0. The van der Waals surface area contributed by atoms with E-state index in [0.29, 0.717) is 0 Å². The summed E-state index contributed by atoms with van der Waals surface area (Å²) in [5, 5.41) is 0. The standard InChI is InChI=1S/C18H32/c1-3-5-7-9-11-13-15-17-18-16-14-12-10-8-6-4-2/h17-18H,3-11,13,15-16H2,1-2H3. The number of unbranched alkanes of at least 4 members (excludes halogenated alkanes) is 9. The quantitative estimate of drug-likeness (QED) is 0.230. The van der Waals surface area contributed by atoms with E-state index in [2.05, 4.69) is 37.8 Å². The van der Waals surface area contributed by atoms with Crippen molar-refractivity contribution in [3.05, 3.63) is 12.2 Å². The van der Waals surface area contributed by atoms with E-state index < -0.39 is 0 Å². The molecule has 0 aromatic rings. The van der Waals surface area contributed by atoms with Crippen LogP contribution in [0.15, 0.2) is 12.2 Å². The monoisotopic (exact) mass is 248 g/mol. The van der Waals surface area contributed by atoms with E-state index in [0.717, 1.165) is 12.8 Å². The summed E-state index contributed by atoms with van der Waals surface area (Å²) < 4.78 is 0. The molecule has 0 bridgehead atoms. The zero-order valence-corrected chi connectivity index (χ0v) is 12.6. The van der Waals surface area contributed by atoms with Crippen molar-refractivity contribution in [1.82, 2.24) is 0 Å². The van der Waals surface area contributed by atoms with Crippen LogP contribution in [0.5, 0.6) is 0 Å². The van der Waals surface area contributed by atoms with Gasteiger partial charge in [0.2, 0.25) is 0 Å². The topological polar surface area (TPSA) is 0 Å². The summed E-state index contributed by atoms with van der Waals surface area (Å²) in [5.74, 6) is 6.47. The van der Waals surface area contributed by atoms with Crippen molar-refractivity contribution in [2.45, 2.75) is 90.9 Å². The molecule has 0 spiro atoms. The van der Waals surface area contributed by atoms with Gasteiger partial charge >= 0.3 is 0 Å². The third-order valence-corrected chi connectivity index (χ3v) is 3.14. The zero-order valence-electron chi connectivity index (χ0n) is 12.6. The van der Waals surface area contributed by atoms with Gasteiger partial charge in [0.15, 0.2) is 0 Å². The molecule has 0 aliphatic rings. The first-order chi connectivity index (χ1) is 8.91. The number of hydrogen-bond acceptors (Lipinski definition) is 0. The maximum Gasteiger partial charge on any atom is 0.0269 e. The lowest BCUT2D eigenvalue weighted by molar-refractivity contribution is 0.611. The highest BCUT2D eigenvalue weighted by Gasteiger charge is 1.87. The maximum atomic E-state index is 3.24. The third kappa shape index (κ3) is 15.3. The van der Waals surface area contributed by atoms with Crippen LogP contribution in [0.25, 0.3) is 0 Å². The minimum Gasteiger partial charge on any atom is -0.103 e. The normalized spacial score (nSPS) is 10.6. The largest absolute Gasteiger partial charge is 0.103 e. The van der Waals surface area contributed by atoms with Gasteiger partial charge in [-0.3, -0.25) is 0 Å². The lowest BCUT2D eigenvalue weighted by Gasteiger charge is -1.97. The Kier molecular flexibility index (Phi) is 15.7. The molecule has 0 unspecified atom stereocenters. The summed E-state index contributed by atoms with van der Waals surface area (Å²) in [6.45, 7) is 4.50. The Morgan fingerprint density at radius 3 is 2.11 bits per heavy atom. The first-order valence-electron chi connectivity index (χ1n) is 8.02. The van der Waals surface area contributed by atoms with E-state index in [-0.39, 0.29) is 0 Å². The molecule has 104 valence electrons. The van der Waals surface area contributed by atoms with Crippen LogP contribution in [0, 0.1) is 11.8 Å². The third-order valence-electron chi connectivity index (χ3n) is 3.14. The van der Waals surface area contributed by atoms with Gasteiger partial charge in [0.25, 0.3) is 0 Å². The molecular formula is C18H32. The van der Waals surface area contributed by atoms with Crippen molar-refractivity contribution < 1.29 is 0 Å². The van der Waals surface area contributed by atoms with E-state index in [1.165, 1.54) is 64.2 Å². The first kappa shape index (κ1) is 17.3. The molecule has 0 radical (unpaired) electrons. The van der Waals surface area contributed by atoms with Gasteiger partial charge in [-0.15, -0.1) is 5.92 Å². The average Bonchev–Trinajstić information content (AvgIpc) is 2.39. The molecule has 0 amide bonds. The van der Waals surface area contributed by atoms with Crippen LogP contribution >= 0.6 is 0 Å². The van der Waals surface area contributed by atoms with E-state index in [4.69, 9.17) is 0 Å². The zero-order chi connectivity index (χ0) is 13.3. The molecule has 0 fully saturated rings. The van der Waals surface area contributed by atoms with Crippen molar-refractivity contribution in [3.63, 3.8) is 0 Å². The van der Waals surface area contributed by atoms with E-state index in [1.54, 1.807) is 0 Å². The van der Waals surface area contributed by atoms with Crippen LogP contribution in [0.4, 0.5) is 0 Å². The summed E-state index contributed by atoms with van der Waals surface area (Å²) in [6.07, 6.45) is 20.0. The minimum absolute atomic E-state index is 0.946. The van der Waals surface area contributed by atoms with Gasteiger partial charge in [0.05, 0.1) is 0 Å². The van der Waals surface area contributed by atoms with Gasteiger partial charge in [-0.2, -0.15) is 0 Å². The highest BCUT2D eigenvalue weighted by Crippen LogP contribution is 2.07. The number of rotatable bonds is 11. The van der Waals surface area contributed by atoms with E-state index in [9.17, 15) is 0 Å². The Morgan fingerprint density at radius 1 is 0.667 bits per heavy atom. The van der Waals surface area contributed by atoms with Gasteiger partial charge in [-0.25, -0.2) is 0 Å². The van der Waals surface area contributed by atoms with Gasteiger partial charge < -0.3 is 0 Å². The number of allylic oxidation sites excluding steroid dienone is 2. The van der Waals surface area contributed by atoms with Crippen LogP contribution in [-0.4, -0.2) is 0 Å². The summed E-state index contributed by atoms with van der Waals surface area (Å²) in [6, 6.07) is 0. The molecular weight excluding hydrogens is 216 g/mol. The molecule has 0 heterocycles. The second-order valence-electron chi connectivity index (χ2n) is 5.04. The maximum absolute atomic E-state index is 3.24. The van der Waals surface area contributed by atoms with Crippen molar-refractivity contribution >= 4 is 0 Å². The van der Waals surface area contributed by atoms with Crippen molar-refractivity contribution in [3.8, 4) is 11.8 Å². The Labute approximate surface area is 115 Å². The minimum atomic E-state index is 0.946. The fourth-order valence-electron chi connectivity index (χ4n) is 1.93. The molecule has 0 aliphatic carbocycles. The molecule has 0 atom stereocenters. The Bertz CT molecular complexity index is 226. The van der Waals surface area contributed by atoms with E-state index >= 15 is 0 Å². The summed E-state index contributed by atoms with van der Waals surface area (Å²) in [5.41, 5.74) is 0. The SMILES string of the molecule is CCCCCC#CCC=CCCCCCCCC. The fourth-order valence-corrected chi connectivity index (χ4v) is 1.93. The fraction of sp³-hybridized carbons (Fsp3) is 0.778. The lowest BCUT2D eigenvalue weighted by atomic mass is 10.1. The molecule has 0 saturated carbocycles. The van der Waals surface area contributed by atoms with Crippen LogP contribution in [0.3, 0.4) is 0 Å². The van der Waals surface area contributed by atoms with Crippen LogP contribution < -0.4 is 0 Å². The summed E-state index contributed by atoms with van der Waals surface area (Å²) in [4.78, 5) is 0. The molecule has 0 aromatic heterocycles. The second-order valence-corrected chi connectivity index (χ2v) is 5.04. The van der Waals surface area contributed by atoms with Gasteiger partial charge in [-0.05, 0) is 19.3 Å². The van der Waals surface area contributed by atoms with Crippen LogP contribution in [0.2, 0.25) is 0 Å². The van der Waals surface area contributed by atoms with Gasteiger partial charge in [0.1, 0.15) is 0 Å². The van der Waals surface area contributed by atoms with Gasteiger partial charge in [-0.1, -0.05) is 76.9 Å². The van der Waals surface area contributed by atoms with Crippen LogP contribution in [0.1, 0.15) is 90.9 Å². The highest BCUT2D eigenvalue weighted by molar-refractivity contribution is 5.04. The highest BCUT2D eigenvalue weighted by atomic mass is 13.9. The molecule has 0 heteroatoms. The predicted molar refractivity (Wildman–Crippen MR) is 83.7 cm³/mol. The Morgan fingerprint density at radius 2 is 1.33 bits per heavy atom. The first-order valence-corrected chi connectivity index (χ1v) is 8.02. The van der Waals surface area contributed by atoms with Crippen molar-refractivity contribution in [2.75, 3.05) is 0 Å². The molecule has 0 rings (SSSR count). The van der Waals surface area contributed by atoms with Crippen molar-refractivity contribution in [1.29, 1.82) is 0 Å². The molecule has 0 N–H and O–H groups in total. The second kappa shape index (κ2) is 16.3. The lowest BCUT2D eigenvalue weighted by Crippen LogP contribution is -1.77. The Balaban J connectivity index is 3.17. The molecule has 0 aliphatic heterocycles. The molecule has 18 heavy (non-hydrogen) atoms.